The summed E-state index contributed by atoms with van der Waals surface area (Å²) in [5.41, 5.74) is 2.51. The van der Waals surface area contributed by atoms with Gasteiger partial charge in [0.25, 0.3) is 5.56 Å². The molecule has 3 heterocycles. The molecule has 1 aliphatic carbocycles. The van der Waals surface area contributed by atoms with Crippen LogP contribution in [0, 0.1) is 0 Å². The Morgan fingerprint density at radius 2 is 2.09 bits per heavy atom. The van der Waals surface area contributed by atoms with E-state index in [1.165, 1.54) is 0 Å². The van der Waals surface area contributed by atoms with Crippen molar-refractivity contribution < 1.29 is 0 Å². The largest absolute Gasteiger partial charge is 0.312 e. The zero-order valence-corrected chi connectivity index (χ0v) is 13.7. The van der Waals surface area contributed by atoms with Crippen molar-refractivity contribution in [1.29, 1.82) is 0 Å². The minimum Gasteiger partial charge on any atom is -0.312 e. The van der Waals surface area contributed by atoms with Gasteiger partial charge in [-0.1, -0.05) is 6.07 Å². The summed E-state index contributed by atoms with van der Waals surface area (Å²) in [6.45, 7) is 1.55. The number of pyridine rings is 1. The highest BCUT2D eigenvalue weighted by atomic mass is 79.9. The van der Waals surface area contributed by atoms with Gasteiger partial charge in [0.15, 0.2) is 0 Å². The molecule has 0 atom stereocenters. The molecule has 1 saturated carbocycles. The Hall–Kier alpha value is -1.53. The first-order valence-corrected chi connectivity index (χ1v) is 8.45. The van der Waals surface area contributed by atoms with Crippen LogP contribution in [0.2, 0.25) is 0 Å². The molecule has 1 fully saturated rings. The topological polar surface area (TPSA) is 70.7 Å². The second-order valence-corrected chi connectivity index (χ2v) is 6.86. The van der Waals surface area contributed by atoms with E-state index in [0.717, 1.165) is 59.6 Å². The number of aryl methyl sites for hydroxylation is 1. The molecule has 0 amide bonds. The number of H-pyrrole nitrogens is 1. The second-order valence-electron chi connectivity index (χ2n) is 6.05. The van der Waals surface area contributed by atoms with Gasteiger partial charge in [-0.05, 0) is 60.3 Å². The van der Waals surface area contributed by atoms with Crippen molar-refractivity contribution in [2.75, 3.05) is 6.54 Å². The van der Waals surface area contributed by atoms with E-state index in [0.29, 0.717) is 6.54 Å². The summed E-state index contributed by atoms with van der Waals surface area (Å²) in [7, 11) is 0. The second kappa shape index (κ2) is 5.28. The van der Waals surface area contributed by atoms with Crippen LogP contribution in [0.5, 0.6) is 0 Å². The van der Waals surface area contributed by atoms with Gasteiger partial charge in [0.2, 0.25) is 0 Å². The van der Waals surface area contributed by atoms with Crippen molar-refractivity contribution in [3.63, 3.8) is 0 Å². The lowest BCUT2D eigenvalue weighted by molar-refractivity contribution is 0.678. The third kappa shape index (κ3) is 2.30. The maximum absolute atomic E-state index is 12.4. The van der Waals surface area contributed by atoms with Crippen LogP contribution in [0.15, 0.2) is 27.6 Å². The first-order chi connectivity index (χ1) is 10.7. The monoisotopic (exact) mass is 360 g/mol. The fourth-order valence-electron chi connectivity index (χ4n) is 3.17. The van der Waals surface area contributed by atoms with Gasteiger partial charge in [-0.2, -0.15) is 0 Å². The number of nitrogens with zero attached hydrogens (tertiary/aromatic N) is 2. The van der Waals surface area contributed by atoms with Gasteiger partial charge in [-0.15, -0.1) is 0 Å². The maximum atomic E-state index is 12.4. The van der Waals surface area contributed by atoms with Gasteiger partial charge in [-0.3, -0.25) is 4.79 Å². The highest BCUT2D eigenvalue weighted by Crippen LogP contribution is 2.51. The molecule has 6 heteroatoms. The van der Waals surface area contributed by atoms with E-state index in [-0.39, 0.29) is 11.0 Å². The average Bonchev–Trinajstić information content (AvgIpc) is 3.32. The SMILES string of the molecule is O=c1[nH]c(C2(c3cccc(Br)n3)CC2)nc2c1CNCCC2. The number of halogens is 1. The van der Waals surface area contributed by atoms with E-state index in [9.17, 15) is 4.79 Å². The van der Waals surface area contributed by atoms with Crippen molar-refractivity contribution >= 4 is 15.9 Å². The lowest BCUT2D eigenvalue weighted by Gasteiger charge is -2.16. The van der Waals surface area contributed by atoms with E-state index in [1.54, 1.807) is 0 Å². The molecule has 0 aromatic carbocycles. The summed E-state index contributed by atoms with van der Waals surface area (Å²) in [4.78, 5) is 24.9. The molecule has 2 aliphatic rings. The minimum atomic E-state index is -0.211. The van der Waals surface area contributed by atoms with Gasteiger partial charge < -0.3 is 10.3 Å². The molecule has 0 bridgehead atoms. The molecule has 2 N–H and O–H groups in total. The molecular weight excluding hydrogens is 344 g/mol. The van der Waals surface area contributed by atoms with Crippen LogP contribution in [0.1, 0.15) is 42.0 Å². The smallest absolute Gasteiger partial charge is 0.255 e. The molecule has 0 spiro atoms. The van der Waals surface area contributed by atoms with Gasteiger partial charge in [0, 0.05) is 6.54 Å². The lowest BCUT2D eigenvalue weighted by atomic mass is 10.00. The molecule has 22 heavy (non-hydrogen) atoms. The summed E-state index contributed by atoms with van der Waals surface area (Å²) < 4.78 is 0.817. The average molecular weight is 361 g/mol. The third-order valence-electron chi connectivity index (χ3n) is 4.58. The van der Waals surface area contributed by atoms with Crippen LogP contribution in [-0.2, 0) is 18.4 Å². The van der Waals surface area contributed by atoms with Crippen LogP contribution < -0.4 is 10.9 Å². The highest BCUT2D eigenvalue weighted by Gasteiger charge is 2.50. The molecule has 5 nitrogen and oxygen atoms in total. The normalized spacial score (nSPS) is 19.3. The number of rotatable bonds is 2. The standard InChI is InChI=1S/C16H17BrN4O/c17-13-5-1-4-12(20-13)16(6-7-16)15-19-11-3-2-8-18-9-10(11)14(22)21-15/h1,4-5,18H,2-3,6-9H2,(H,19,21,22). The van der Waals surface area contributed by atoms with E-state index in [4.69, 9.17) is 4.98 Å². The Morgan fingerprint density at radius 1 is 1.23 bits per heavy atom. The molecule has 1 aliphatic heterocycles. The van der Waals surface area contributed by atoms with Crippen molar-refractivity contribution in [2.24, 2.45) is 0 Å². The number of nitrogens with one attached hydrogen (secondary N) is 2. The lowest BCUT2D eigenvalue weighted by Crippen LogP contribution is -2.27. The summed E-state index contributed by atoms with van der Waals surface area (Å²) in [6, 6.07) is 5.92. The molecular formula is C16H17BrN4O. The van der Waals surface area contributed by atoms with E-state index < -0.39 is 0 Å². The van der Waals surface area contributed by atoms with Crippen LogP contribution in [0.25, 0.3) is 0 Å². The van der Waals surface area contributed by atoms with Crippen molar-refractivity contribution in [1.82, 2.24) is 20.3 Å². The van der Waals surface area contributed by atoms with Crippen LogP contribution in [0.3, 0.4) is 0 Å². The maximum Gasteiger partial charge on any atom is 0.255 e. The van der Waals surface area contributed by atoms with Crippen molar-refractivity contribution in [3.8, 4) is 0 Å². The quantitative estimate of drug-likeness (QED) is 0.804. The Morgan fingerprint density at radius 3 is 2.86 bits per heavy atom. The molecule has 0 saturated heterocycles. The fraction of sp³-hybridized carbons (Fsp3) is 0.438. The molecule has 2 aromatic rings. The number of aromatic nitrogens is 3. The third-order valence-corrected chi connectivity index (χ3v) is 5.02. The van der Waals surface area contributed by atoms with Crippen LogP contribution >= 0.6 is 15.9 Å². The summed E-state index contributed by atoms with van der Waals surface area (Å²) in [5, 5.41) is 3.28. The molecule has 0 unspecified atom stereocenters. The number of fused-ring (bicyclic) bond motifs is 1. The fourth-order valence-corrected chi connectivity index (χ4v) is 3.51. The van der Waals surface area contributed by atoms with Gasteiger partial charge in [0.1, 0.15) is 10.4 Å². The highest BCUT2D eigenvalue weighted by molar-refractivity contribution is 9.10. The van der Waals surface area contributed by atoms with Gasteiger partial charge >= 0.3 is 0 Å². The minimum absolute atomic E-state index is 0.00401. The molecule has 114 valence electrons. The Bertz CT molecular complexity index is 782. The van der Waals surface area contributed by atoms with E-state index in [2.05, 4.69) is 31.2 Å². The van der Waals surface area contributed by atoms with Gasteiger partial charge in [0.05, 0.1) is 22.4 Å². The molecule has 2 aromatic heterocycles. The Labute approximate surface area is 136 Å². The number of hydrogen-bond acceptors (Lipinski definition) is 4. The van der Waals surface area contributed by atoms with Gasteiger partial charge in [-0.25, -0.2) is 9.97 Å². The van der Waals surface area contributed by atoms with Crippen LogP contribution in [0.4, 0.5) is 0 Å². The Balaban J connectivity index is 1.82. The summed E-state index contributed by atoms with van der Waals surface area (Å²) >= 11 is 3.43. The predicted octanol–water partition coefficient (Wildman–Crippen LogP) is 2.04. The molecule has 0 radical (unpaired) electrons. The first kappa shape index (κ1) is 14.1. The first-order valence-electron chi connectivity index (χ1n) is 7.65. The number of hydrogen-bond donors (Lipinski definition) is 2. The summed E-state index contributed by atoms with van der Waals surface area (Å²) in [5.74, 6) is 0.781. The predicted molar refractivity (Wildman–Crippen MR) is 86.8 cm³/mol. The van der Waals surface area contributed by atoms with Crippen molar-refractivity contribution in [3.05, 3.63) is 55.9 Å². The Kier molecular flexibility index (Phi) is 3.38. The zero-order valence-electron chi connectivity index (χ0n) is 12.2. The number of aromatic amines is 1. The van der Waals surface area contributed by atoms with E-state index >= 15 is 0 Å². The van der Waals surface area contributed by atoms with Crippen LogP contribution in [-0.4, -0.2) is 21.5 Å². The zero-order chi connectivity index (χ0) is 15.2. The van der Waals surface area contributed by atoms with E-state index in [1.807, 2.05) is 18.2 Å². The van der Waals surface area contributed by atoms with Crippen molar-refractivity contribution in [2.45, 2.75) is 37.6 Å². The summed E-state index contributed by atoms with van der Waals surface area (Å²) in [6.07, 6.45) is 3.85. The molecule has 4 rings (SSSR count).